The second-order valence-electron chi connectivity index (χ2n) is 5.20. The van der Waals surface area contributed by atoms with Crippen molar-refractivity contribution >= 4 is 15.7 Å². The van der Waals surface area contributed by atoms with Gasteiger partial charge in [0, 0.05) is 18.3 Å². The van der Waals surface area contributed by atoms with Gasteiger partial charge in [0.15, 0.2) is 0 Å². The summed E-state index contributed by atoms with van der Waals surface area (Å²) in [7, 11) is -3.37. The molecule has 0 spiro atoms. The number of aliphatic hydroxyl groups is 1. The van der Waals surface area contributed by atoms with Crippen molar-refractivity contribution in [3.05, 3.63) is 24.3 Å². The van der Waals surface area contributed by atoms with Crippen LogP contribution in [0.15, 0.2) is 29.2 Å². The average Bonchev–Trinajstić information content (AvgIpc) is 3.22. The Kier molecular flexibility index (Phi) is 5.01. The molecule has 0 radical (unpaired) electrons. The van der Waals surface area contributed by atoms with E-state index in [1.54, 1.807) is 24.3 Å². The molecule has 1 aliphatic carbocycles. The number of rotatable bonds is 8. The molecule has 6 heteroatoms. The zero-order valence-electron chi connectivity index (χ0n) is 11.7. The average molecular weight is 298 g/mol. The molecule has 1 atom stereocenters. The van der Waals surface area contributed by atoms with Gasteiger partial charge in [-0.1, -0.05) is 6.92 Å². The van der Waals surface area contributed by atoms with E-state index in [0.717, 1.165) is 24.9 Å². The Bertz CT molecular complexity index is 524. The van der Waals surface area contributed by atoms with Crippen LogP contribution in [-0.4, -0.2) is 32.2 Å². The first-order valence-corrected chi connectivity index (χ1v) is 8.54. The van der Waals surface area contributed by atoms with Crippen molar-refractivity contribution in [2.75, 3.05) is 11.9 Å². The van der Waals surface area contributed by atoms with Gasteiger partial charge in [-0.05, 0) is 49.9 Å². The minimum absolute atomic E-state index is 0.119. The molecule has 2 rings (SSSR count). The minimum atomic E-state index is -3.37. The van der Waals surface area contributed by atoms with Crippen molar-refractivity contribution in [1.29, 1.82) is 0 Å². The van der Waals surface area contributed by atoms with Gasteiger partial charge in [-0.3, -0.25) is 0 Å². The lowest BCUT2D eigenvalue weighted by molar-refractivity contribution is 0.164. The van der Waals surface area contributed by atoms with Gasteiger partial charge in [-0.2, -0.15) is 0 Å². The summed E-state index contributed by atoms with van der Waals surface area (Å²) in [6, 6.07) is 6.82. The summed E-state index contributed by atoms with van der Waals surface area (Å²) in [5, 5.41) is 12.6. The predicted octanol–water partition coefficient (Wildman–Crippen LogP) is 1.70. The highest BCUT2D eigenvalue weighted by Crippen LogP contribution is 2.22. The fraction of sp³-hybridized carbons (Fsp3) is 0.571. The Labute approximate surface area is 120 Å². The number of benzene rings is 1. The molecule has 1 aliphatic rings. The topological polar surface area (TPSA) is 78.4 Å². The van der Waals surface area contributed by atoms with E-state index in [1.807, 2.05) is 6.92 Å². The summed E-state index contributed by atoms with van der Waals surface area (Å²) in [5.74, 6) is 0. The molecule has 1 saturated carbocycles. The van der Waals surface area contributed by atoms with Crippen LogP contribution in [0.25, 0.3) is 0 Å². The molecule has 0 aromatic heterocycles. The van der Waals surface area contributed by atoms with E-state index < -0.39 is 10.0 Å². The van der Waals surface area contributed by atoms with Crippen LogP contribution in [-0.2, 0) is 10.0 Å². The first kappa shape index (κ1) is 15.3. The highest BCUT2D eigenvalue weighted by atomic mass is 32.2. The highest BCUT2D eigenvalue weighted by molar-refractivity contribution is 7.89. The predicted molar refractivity (Wildman–Crippen MR) is 79.2 cm³/mol. The molecule has 1 fully saturated rings. The summed E-state index contributed by atoms with van der Waals surface area (Å²) < 4.78 is 26.6. The smallest absolute Gasteiger partial charge is 0.240 e. The zero-order chi connectivity index (χ0) is 14.6. The maximum atomic E-state index is 12.0. The summed E-state index contributed by atoms with van der Waals surface area (Å²) in [6.07, 6.45) is 2.99. The third kappa shape index (κ3) is 4.47. The third-order valence-corrected chi connectivity index (χ3v) is 4.88. The molecule has 112 valence electrons. The van der Waals surface area contributed by atoms with Crippen LogP contribution in [0.3, 0.4) is 0 Å². The van der Waals surface area contributed by atoms with E-state index in [0.29, 0.717) is 17.9 Å². The molecule has 20 heavy (non-hydrogen) atoms. The lowest BCUT2D eigenvalue weighted by Gasteiger charge is -2.10. The Morgan fingerprint density at radius 3 is 2.50 bits per heavy atom. The minimum Gasteiger partial charge on any atom is -0.393 e. The summed E-state index contributed by atoms with van der Waals surface area (Å²) >= 11 is 0. The quantitative estimate of drug-likeness (QED) is 0.682. The van der Waals surface area contributed by atoms with Crippen molar-refractivity contribution < 1.29 is 13.5 Å². The van der Waals surface area contributed by atoms with Crippen LogP contribution in [0.5, 0.6) is 0 Å². The molecular formula is C14H22N2O3S. The monoisotopic (exact) mass is 298 g/mol. The van der Waals surface area contributed by atoms with Gasteiger partial charge in [0.05, 0.1) is 11.0 Å². The van der Waals surface area contributed by atoms with Gasteiger partial charge in [-0.15, -0.1) is 0 Å². The lowest BCUT2D eigenvalue weighted by Crippen LogP contribution is -2.25. The maximum absolute atomic E-state index is 12.0. The van der Waals surface area contributed by atoms with Gasteiger partial charge in [0.2, 0.25) is 10.0 Å². The van der Waals surface area contributed by atoms with Crippen LogP contribution in [0.2, 0.25) is 0 Å². The first-order valence-electron chi connectivity index (χ1n) is 7.05. The molecule has 0 bridgehead atoms. The van der Waals surface area contributed by atoms with E-state index in [4.69, 9.17) is 0 Å². The summed E-state index contributed by atoms with van der Waals surface area (Å²) in [4.78, 5) is 0.295. The molecule has 0 heterocycles. The second kappa shape index (κ2) is 6.56. The largest absolute Gasteiger partial charge is 0.393 e. The Morgan fingerprint density at radius 2 is 1.95 bits per heavy atom. The van der Waals surface area contributed by atoms with Crippen LogP contribution in [0, 0.1) is 0 Å². The van der Waals surface area contributed by atoms with E-state index in [-0.39, 0.29) is 12.1 Å². The molecular weight excluding hydrogens is 276 g/mol. The Balaban J connectivity index is 1.89. The van der Waals surface area contributed by atoms with Crippen molar-refractivity contribution in [1.82, 2.24) is 4.72 Å². The number of anilines is 1. The Hall–Kier alpha value is -1.11. The van der Waals surface area contributed by atoms with Gasteiger partial charge in [0.1, 0.15) is 0 Å². The fourth-order valence-corrected chi connectivity index (χ4v) is 3.13. The third-order valence-electron chi connectivity index (χ3n) is 3.34. The van der Waals surface area contributed by atoms with Gasteiger partial charge in [0.25, 0.3) is 0 Å². The van der Waals surface area contributed by atoms with Gasteiger partial charge < -0.3 is 10.4 Å². The molecule has 1 unspecified atom stereocenters. The zero-order valence-corrected chi connectivity index (χ0v) is 12.5. The molecule has 1 aromatic carbocycles. The normalized spacial score (nSPS) is 16.9. The Morgan fingerprint density at radius 1 is 1.30 bits per heavy atom. The van der Waals surface area contributed by atoms with E-state index in [1.165, 1.54) is 0 Å². The number of aliphatic hydroxyl groups excluding tert-OH is 1. The summed E-state index contributed by atoms with van der Waals surface area (Å²) in [6.45, 7) is 2.61. The van der Waals surface area contributed by atoms with Crippen LogP contribution in [0.4, 0.5) is 5.69 Å². The van der Waals surface area contributed by atoms with Crippen LogP contribution < -0.4 is 10.0 Å². The standard InChI is InChI=1S/C14H22N2O3S/c1-2-13(17)9-10-15-11-5-7-14(8-6-11)20(18,19)16-12-3-4-12/h5-8,12-13,15-17H,2-4,9-10H2,1H3. The fourth-order valence-electron chi connectivity index (χ4n) is 1.83. The summed E-state index contributed by atoms with van der Waals surface area (Å²) in [5.41, 5.74) is 0.860. The van der Waals surface area contributed by atoms with E-state index >= 15 is 0 Å². The second-order valence-corrected chi connectivity index (χ2v) is 6.91. The van der Waals surface area contributed by atoms with Gasteiger partial charge >= 0.3 is 0 Å². The van der Waals surface area contributed by atoms with Crippen molar-refractivity contribution in [2.45, 2.75) is 49.6 Å². The SMILES string of the molecule is CCC(O)CCNc1ccc(S(=O)(=O)NC2CC2)cc1. The first-order chi connectivity index (χ1) is 9.51. The molecule has 0 aliphatic heterocycles. The molecule has 1 aromatic rings. The van der Waals surface area contributed by atoms with E-state index in [9.17, 15) is 13.5 Å². The molecule has 5 nitrogen and oxygen atoms in total. The van der Waals surface area contributed by atoms with Crippen LogP contribution >= 0.6 is 0 Å². The van der Waals surface area contributed by atoms with Crippen molar-refractivity contribution in [3.8, 4) is 0 Å². The number of nitrogens with one attached hydrogen (secondary N) is 2. The van der Waals surface area contributed by atoms with Crippen molar-refractivity contribution in [3.63, 3.8) is 0 Å². The highest BCUT2D eigenvalue weighted by Gasteiger charge is 2.27. The van der Waals surface area contributed by atoms with Gasteiger partial charge in [-0.25, -0.2) is 13.1 Å². The van der Waals surface area contributed by atoms with E-state index in [2.05, 4.69) is 10.0 Å². The molecule has 0 saturated heterocycles. The number of hydrogen-bond donors (Lipinski definition) is 3. The molecule has 0 amide bonds. The maximum Gasteiger partial charge on any atom is 0.240 e. The number of sulfonamides is 1. The lowest BCUT2D eigenvalue weighted by atomic mass is 10.2. The van der Waals surface area contributed by atoms with Crippen LogP contribution in [0.1, 0.15) is 32.6 Å². The van der Waals surface area contributed by atoms with Crippen molar-refractivity contribution in [2.24, 2.45) is 0 Å². The number of hydrogen-bond acceptors (Lipinski definition) is 4. The molecule has 3 N–H and O–H groups in total.